The third kappa shape index (κ3) is 2.80. The molecule has 5 rings (SSSR count). The molecule has 142 valence electrons. The highest BCUT2D eigenvalue weighted by molar-refractivity contribution is 7.21. The van der Waals surface area contributed by atoms with Crippen LogP contribution in [-0.2, 0) is 0 Å². The van der Waals surface area contributed by atoms with E-state index >= 15 is 0 Å². The Morgan fingerprint density at radius 3 is 3.00 bits per heavy atom. The van der Waals surface area contributed by atoms with Crippen molar-refractivity contribution in [3.05, 3.63) is 52.9 Å². The number of fused-ring (bicyclic) bond motifs is 5. The van der Waals surface area contributed by atoms with E-state index in [1.165, 1.54) is 17.4 Å². The second-order valence-corrected chi connectivity index (χ2v) is 8.01. The predicted octanol–water partition coefficient (Wildman–Crippen LogP) is 4.18. The van der Waals surface area contributed by atoms with Crippen molar-refractivity contribution in [2.45, 2.75) is 13.0 Å². The van der Waals surface area contributed by atoms with Gasteiger partial charge >= 0.3 is 0 Å². The fourth-order valence-corrected chi connectivity index (χ4v) is 4.69. The Morgan fingerprint density at radius 2 is 2.17 bits per heavy atom. The highest BCUT2D eigenvalue weighted by Gasteiger charge is 2.24. The van der Waals surface area contributed by atoms with Crippen LogP contribution in [0.15, 0.2) is 36.5 Å². The predicted molar refractivity (Wildman–Crippen MR) is 114 cm³/mol. The van der Waals surface area contributed by atoms with E-state index in [4.69, 9.17) is 6.42 Å². The first-order valence-electron chi connectivity index (χ1n) is 9.08. The Hall–Kier alpha value is -3.50. The molecule has 1 aromatic carbocycles. The largest absolute Gasteiger partial charge is 0.381 e. The number of halogens is 1. The standard InChI is InChI=1S/C22H15FN4OS/c1-3-12-8-14(15(23)10-24-12)17-5-4-13-16(27-17)6-7-18-19(13)20-21(29-18)22(28)26-11(2)9-25-20/h1,4-8,10-11,25H,9H2,2H3,(H,26,28)/t11-/m1/s1. The van der Waals surface area contributed by atoms with Gasteiger partial charge in [-0.3, -0.25) is 4.79 Å². The van der Waals surface area contributed by atoms with Crippen LogP contribution in [0.4, 0.5) is 10.1 Å². The van der Waals surface area contributed by atoms with Crippen LogP contribution in [0.3, 0.4) is 0 Å². The molecule has 0 fully saturated rings. The van der Waals surface area contributed by atoms with Gasteiger partial charge in [-0.15, -0.1) is 17.8 Å². The van der Waals surface area contributed by atoms with Crippen molar-refractivity contribution in [2.75, 3.05) is 11.9 Å². The van der Waals surface area contributed by atoms with Crippen LogP contribution >= 0.6 is 11.3 Å². The van der Waals surface area contributed by atoms with Crippen LogP contribution in [0.1, 0.15) is 22.3 Å². The smallest absolute Gasteiger partial charge is 0.263 e. The van der Waals surface area contributed by atoms with Gasteiger partial charge in [0.1, 0.15) is 10.6 Å². The fraction of sp³-hybridized carbons (Fsp3) is 0.136. The van der Waals surface area contributed by atoms with Gasteiger partial charge in [-0.2, -0.15) is 0 Å². The van der Waals surface area contributed by atoms with Gasteiger partial charge in [0.05, 0.1) is 23.1 Å². The van der Waals surface area contributed by atoms with E-state index in [9.17, 15) is 9.18 Å². The minimum absolute atomic E-state index is 0.0388. The van der Waals surface area contributed by atoms with Crippen molar-refractivity contribution in [3.63, 3.8) is 0 Å². The fourth-order valence-electron chi connectivity index (χ4n) is 3.59. The number of nitrogens with zero attached hydrogens (tertiary/aromatic N) is 2. The maximum atomic E-state index is 14.3. The Morgan fingerprint density at radius 1 is 1.31 bits per heavy atom. The lowest BCUT2D eigenvalue weighted by atomic mass is 10.1. The number of nitrogens with one attached hydrogen (secondary N) is 2. The number of thiophene rings is 1. The number of benzene rings is 1. The molecule has 5 nitrogen and oxygen atoms in total. The third-order valence-electron chi connectivity index (χ3n) is 4.97. The zero-order chi connectivity index (χ0) is 20.1. The number of aromatic nitrogens is 2. The zero-order valence-electron chi connectivity index (χ0n) is 15.4. The van der Waals surface area contributed by atoms with E-state index in [0.717, 1.165) is 27.4 Å². The summed E-state index contributed by atoms with van der Waals surface area (Å²) in [5, 5.41) is 8.25. The van der Waals surface area contributed by atoms with E-state index in [1.807, 2.05) is 25.1 Å². The van der Waals surface area contributed by atoms with Gasteiger partial charge < -0.3 is 10.6 Å². The number of amides is 1. The summed E-state index contributed by atoms with van der Waals surface area (Å²) >= 11 is 1.45. The first kappa shape index (κ1) is 17.6. The Bertz CT molecular complexity index is 1350. The van der Waals surface area contributed by atoms with Gasteiger partial charge in [-0.25, -0.2) is 14.4 Å². The molecule has 1 amide bonds. The van der Waals surface area contributed by atoms with Crippen LogP contribution < -0.4 is 10.6 Å². The SMILES string of the molecule is C#Cc1cc(-c2ccc3c(ccc4sc5c(c43)NC[C@@H](C)NC5=O)n2)c(F)cn1. The van der Waals surface area contributed by atoms with Crippen molar-refractivity contribution in [3.8, 4) is 23.6 Å². The molecule has 29 heavy (non-hydrogen) atoms. The molecule has 1 aliphatic rings. The lowest BCUT2D eigenvalue weighted by molar-refractivity contribution is 0.0949. The Balaban J connectivity index is 1.72. The topological polar surface area (TPSA) is 66.9 Å². The minimum atomic E-state index is -0.478. The number of carbonyl (C=O) groups is 1. The number of anilines is 1. The summed E-state index contributed by atoms with van der Waals surface area (Å²) in [6, 6.07) is 9.07. The molecule has 4 heterocycles. The van der Waals surface area contributed by atoms with E-state index in [2.05, 4.69) is 26.5 Å². The molecule has 7 heteroatoms. The van der Waals surface area contributed by atoms with Crippen molar-refractivity contribution in [2.24, 2.45) is 0 Å². The Labute approximate surface area is 170 Å². The number of hydrogen-bond donors (Lipinski definition) is 2. The molecule has 0 bridgehead atoms. The molecule has 0 saturated carbocycles. The molecule has 0 radical (unpaired) electrons. The van der Waals surface area contributed by atoms with Crippen molar-refractivity contribution in [1.82, 2.24) is 15.3 Å². The third-order valence-corrected chi connectivity index (χ3v) is 6.12. The maximum Gasteiger partial charge on any atom is 0.263 e. The summed E-state index contributed by atoms with van der Waals surface area (Å²) in [6.07, 6.45) is 6.51. The van der Waals surface area contributed by atoms with Gasteiger partial charge in [0, 0.05) is 33.6 Å². The average Bonchev–Trinajstić information content (AvgIpc) is 3.05. The molecule has 3 aromatic heterocycles. The number of terminal acetylenes is 1. The number of pyridine rings is 2. The summed E-state index contributed by atoms with van der Waals surface area (Å²) in [6.45, 7) is 2.60. The van der Waals surface area contributed by atoms with Crippen LogP contribution in [0, 0.1) is 18.2 Å². The van der Waals surface area contributed by atoms with Crippen molar-refractivity contribution >= 4 is 43.9 Å². The molecule has 0 spiro atoms. The minimum Gasteiger partial charge on any atom is -0.381 e. The van der Waals surface area contributed by atoms with Crippen molar-refractivity contribution in [1.29, 1.82) is 0 Å². The van der Waals surface area contributed by atoms with Gasteiger partial charge in [-0.05, 0) is 37.3 Å². The van der Waals surface area contributed by atoms with Crippen LogP contribution in [0.2, 0.25) is 0 Å². The van der Waals surface area contributed by atoms with Gasteiger partial charge in [-0.1, -0.05) is 5.92 Å². The second-order valence-electron chi connectivity index (χ2n) is 6.96. The summed E-state index contributed by atoms with van der Waals surface area (Å²) in [4.78, 5) is 21.7. The van der Waals surface area contributed by atoms with Crippen LogP contribution in [0.25, 0.3) is 32.2 Å². The number of rotatable bonds is 1. The summed E-state index contributed by atoms with van der Waals surface area (Å²) in [7, 11) is 0. The highest BCUT2D eigenvalue weighted by atomic mass is 32.1. The molecule has 4 aromatic rings. The van der Waals surface area contributed by atoms with E-state index in [0.29, 0.717) is 33.9 Å². The molecule has 0 saturated heterocycles. The molecule has 2 N–H and O–H groups in total. The molecule has 1 atom stereocenters. The Kier molecular flexibility index (Phi) is 3.96. The van der Waals surface area contributed by atoms with E-state index < -0.39 is 5.82 Å². The number of carbonyl (C=O) groups excluding carboxylic acids is 1. The van der Waals surface area contributed by atoms with Crippen LogP contribution in [0.5, 0.6) is 0 Å². The van der Waals surface area contributed by atoms with Crippen molar-refractivity contribution < 1.29 is 9.18 Å². The lowest BCUT2D eigenvalue weighted by Gasteiger charge is -2.10. The van der Waals surface area contributed by atoms with Gasteiger partial charge in [0.15, 0.2) is 5.82 Å². The maximum absolute atomic E-state index is 14.3. The number of hydrogen-bond acceptors (Lipinski definition) is 5. The van der Waals surface area contributed by atoms with Gasteiger partial charge in [0.2, 0.25) is 0 Å². The van der Waals surface area contributed by atoms with E-state index in [1.54, 1.807) is 6.07 Å². The second kappa shape index (κ2) is 6.54. The van der Waals surface area contributed by atoms with Gasteiger partial charge in [0.25, 0.3) is 5.91 Å². The monoisotopic (exact) mass is 402 g/mol. The van der Waals surface area contributed by atoms with E-state index in [-0.39, 0.29) is 11.9 Å². The quantitative estimate of drug-likeness (QED) is 0.469. The van der Waals surface area contributed by atoms with Crippen LogP contribution in [-0.4, -0.2) is 28.5 Å². The molecule has 0 aliphatic carbocycles. The normalized spacial score (nSPS) is 16.0. The first-order chi connectivity index (χ1) is 14.0. The average molecular weight is 402 g/mol. The highest BCUT2D eigenvalue weighted by Crippen LogP contribution is 2.41. The lowest BCUT2D eigenvalue weighted by Crippen LogP contribution is -2.34. The molecular weight excluding hydrogens is 387 g/mol. The first-order valence-corrected chi connectivity index (χ1v) is 9.90. The zero-order valence-corrected chi connectivity index (χ0v) is 16.2. The summed E-state index contributed by atoms with van der Waals surface area (Å²) in [5.41, 5.74) is 2.69. The molecule has 0 unspecified atom stereocenters. The summed E-state index contributed by atoms with van der Waals surface area (Å²) in [5.74, 6) is 1.87. The molecular formula is C22H15FN4OS. The summed E-state index contributed by atoms with van der Waals surface area (Å²) < 4.78 is 15.3. The molecule has 1 aliphatic heterocycles.